The monoisotopic (exact) mass is 294 g/mol. The van der Waals surface area contributed by atoms with E-state index in [-0.39, 0.29) is 17.2 Å². The summed E-state index contributed by atoms with van der Waals surface area (Å²) in [7, 11) is 1.60. The third-order valence-electron chi connectivity index (χ3n) is 2.53. The van der Waals surface area contributed by atoms with Crippen LogP contribution in [0.2, 0.25) is 0 Å². The minimum atomic E-state index is -0.222. The molecule has 0 fully saturated rings. The van der Waals surface area contributed by atoms with E-state index in [4.69, 9.17) is 0 Å². The maximum Gasteiger partial charge on any atom is 0.220 e. The smallest absolute Gasteiger partial charge is 0.220 e. The molecule has 2 rings (SSSR count). The summed E-state index contributed by atoms with van der Waals surface area (Å²) in [6.07, 6.45) is 0. The Hall–Kier alpha value is -1.62. The Morgan fingerprint density at radius 2 is 1.94 bits per heavy atom. The molecule has 1 heterocycles. The summed E-state index contributed by atoms with van der Waals surface area (Å²) in [6, 6.07) is 6.99. The largest absolute Gasteiger partial charge is 0.493 e. The zero-order valence-electron chi connectivity index (χ0n) is 9.44. The number of aromatic nitrogens is 2. The maximum absolute atomic E-state index is 12.2. The second kappa shape index (κ2) is 4.33. The number of halogens is 1. The van der Waals surface area contributed by atoms with Gasteiger partial charge in [-0.05, 0) is 31.2 Å². The van der Waals surface area contributed by atoms with E-state index in [1.54, 1.807) is 38.2 Å². The number of carbonyl (C=O) groups is 1. The van der Waals surface area contributed by atoms with Crippen LogP contribution in [0.4, 0.5) is 0 Å². The second-order valence-electron chi connectivity index (χ2n) is 3.74. The molecule has 0 spiro atoms. The van der Waals surface area contributed by atoms with E-state index in [1.807, 2.05) is 0 Å². The standard InChI is InChI=1S/C12H11BrN2O2/c1-7-10(12(17)15(2)14-7)11(16)8-3-5-9(13)6-4-8/h3-6,17H,1-2H3. The third-order valence-corrected chi connectivity index (χ3v) is 3.05. The van der Waals surface area contributed by atoms with Crippen molar-refractivity contribution in [2.75, 3.05) is 0 Å². The second-order valence-corrected chi connectivity index (χ2v) is 4.66. The van der Waals surface area contributed by atoms with Crippen molar-refractivity contribution >= 4 is 21.7 Å². The Morgan fingerprint density at radius 3 is 2.41 bits per heavy atom. The van der Waals surface area contributed by atoms with Crippen molar-refractivity contribution in [3.05, 3.63) is 45.6 Å². The van der Waals surface area contributed by atoms with E-state index in [0.29, 0.717) is 11.3 Å². The van der Waals surface area contributed by atoms with Crippen LogP contribution in [-0.2, 0) is 7.05 Å². The molecule has 0 aliphatic carbocycles. The van der Waals surface area contributed by atoms with E-state index in [1.165, 1.54) is 4.68 Å². The maximum atomic E-state index is 12.2. The highest BCUT2D eigenvalue weighted by Crippen LogP contribution is 2.23. The first-order chi connectivity index (χ1) is 8.00. The van der Waals surface area contributed by atoms with Gasteiger partial charge in [0.05, 0.1) is 5.69 Å². The number of aromatic hydroxyl groups is 1. The molecular formula is C12H11BrN2O2. The lowest BCUT2D eigenvalue weighted by molar-refractivity contribution is 0.103. The number of aryl methyl sites for hydroxylation is 2. The summed E-state index contributed by atoms with van der Waals surface area (Å²) < 4.78 is 2.20. The fourth-order valence-electron chi connectivity index (χ4n) is 1.66. The van der Waals surface area contributed by atoms with Gasteiger partial charge < -0.3 is 5.11 Å². The van der Waals surface area contributed by atoms with Crippen LogP contribution in [0.25, 0.3) is 0 Å². The molecule has 1 aromatic carbocycles. The van der Waals surface area contributed by atoms with Crippen molar-refractivity contribution in [3.63, 3.8) is 0 Å². The molecule has 1 N–H and O–H groups in total. The highest BCUT2D eigenvalue weighted by Gasteiger charge is 2.20. The van der Waals surface area contributed by atoms with E-state index in [0.717, 1.165) is 4.47 Å². The number of rotatable bonds is 2. The van der Waals surface area contributed by atoms with E-state index < -0.39 is 0 Å². The van der Waals surface area contributed by atoms with Gasteiger partial charge in [0.2, 0.25) is 5.88 Å². The number of benzene rings is 1. The average molecular weight is 295 g/mol. The van der Waals surface area contributed by atoms with Crippen molar-refractivity contribution in [1.82, 2.24) is 9.78 Å². The SMILES string of the molecule is Cc1nn(C)c(O)c1C(=O)c1ccc(Br)cc1. The minimum absolute atomic E-state index is 0.101. The van der Waals surface area contributed by atoms with Crippen LogP contribution in [-0.4, -0.2) is 20.7 Å². The first-order valence-electron chi connectivity index (χ1n) is 5.03. The van der Waals surface area contributed by atoms with Crippen LogP contribution in [0.3, 0.4) is 0 Å². The Bertz CT molecular complexity index is 573. The van der Waals surface area contributed by atoms with Gasteiger partial charge >= 0.3 is 0 Å². The molecule has 0 atom stereocenters. The number of carbonyl (C=O) groups excluding carboxylic acids is 1. The van der Waals surface area contributed by atoms with Crippen LogP contribution in [0.1, 0.15) is 21.6 Å². The van der Waals surface area contributed by atoms with Crippen molar-refractivity contribution in [3.8, 4) is 5.88 Å². The normalized spacial score (nSPS) is 10.5. The van der Waals surface area contributed by atoms with Gasteiger partial charge in [0, 0.05) is 17.1 Å². The lowest BCUT2D eigenvalue weighted by Gasteiger charge is -2.01. The van der Waals surface area contributed by atoms with Gasteiger partial charge in [0.15, 0.2) is 5.78 Å². The summed E-state index contributed by atoms with van der Waals surface area (Å²) in [6.45, 7) is 1.70. The molecule has 0 bridgehead atoms. The Labute approximate surface area is 107 Å². The summed E-state index contributed by atoms with van der Waals surface area (Å²) >= 11 is 3.31. The molecule has 0 aliphatic heterocycles. The van der Waals surface area contributed by atoms with Gasteiger partial charge in [-0.3, -0.25) is 4.79 Å². The number of hydrogen-bond acceptors (Lipinski definition) is 3. The molecule has 0 amide bonds. The molecule has 88 valence electrons. The molecule has 0 saturated heterocycles. The highest BCUT2D eigenvalue weighted by atomic mass is 79.9. The predicted octanol–water partition coefficient (Wildman–Crippen LogP) is 2.43. The Morgan fingerprint density at radius 1 is 1.35 bits per heavy atom. The van der Waals surface area contributed by atoms with E-state index in [9.17, 15) is 9.90 Å². The lowest BCUT2D eigenvalue weighted by atomic mass is 10.0. The molecular weight excluding hydrogens is 284 g/mol. The van der Waals surface area contributed by atoms with Gasteiger partial charge in [-0.25, -0.2) is 4.68 Å². The van der Waals surface area contributed by atoms with Crippen molar-refractivity contribution in [2.24, 2.45) is 7.05 Å². The zero-order valence-corrected chi connectivity index (χ0v) is 11.0. The zero-order chi connectivity index (χ0) is 12.6. The molecule has 2 aromatic rings. The Balaban J connectivity index is 2.47. The lowest BCUT2D eigenvalue weighted by Crippen LogP contribution is -2.02. The van der Waals surface area contributed by atoms with E-state index >= 15 is 0 Å². The van der Waals surface area contributed by atoms with Crippen LogP contribution in [0.5, 0.6) is 5.88 Å². The quantitative estimate of drug-likeness (QED) is 0.866. The van der Waals surface area contributed by atoms with Crippen molar-refractivity contribution in [1.29, 1.82) is 0 Å². The minimum Gasteiger partial charge on any atom is -0.493 e. The van der Waals surface area contributed by atoms with E-state index in [2.05, 4.69) is 21.0 Å². The molecule has 4 nitrogen and oxygen atoms in total. The van der Waals surface area contributed by atoms with Gasteiger partial charge in [-0.15, -0.1) is 0 Å². The number of hydrogen-bond donors (Lipinski definition) is 1. The molecule has 0 saturated carbocycles. The van der Waals surface area contributed by atoms with Crippen molar-refractivity contribution in [2.45, 2.75) is 6.92 Å². The third kappa shape index (κ3) is 2.10. The van der Waals surface area contributed by atoms with Crippen LogP contribution in [0, 0.1) is 6.92 Å². The fourth-order valence-corrected chi connectivity index (χ4v) is 1.92. The van der Waals surface area contributed by atoms with Gasteiger partial charge in [-0.1, -0.05) is 15.9 Å². The summed E-state index contributed by atoms with van der Waals surface area (Å²) in [5.74, 6) is -0.323. The molecule has 5 heteroatoms. The first kappa shape index (κ1) is 11.9. The predicted molar refractivity (Wildman–Crippen MR) is 67.2 cm³/mol. The van der Waals surface area contributed by atoms with Crippen LogP contribution < -0.4 is 0 Å². The fraction of sp³-hybridized carbons (Fsp3) is 0.167. The molecule has 1 aromatic heterocycles. The molecule has 17 heavy (non-hydrogen) atoms. The topological polar surface area (TPSA) is 55.1 Å². The summed E-state index contributed by atoms with van der Waals surface area (Å²) in [5.41, 5.74) is 1.31. The van der Waals surface area contributed by atoms with Crippen LogP contribution in [0.15, 0.2) is 28.7 Å². The van der Waals surface area contributed by atoms with Crippen LogP contribution >= 0.6 is 15.9 Å². The summed E-state index contributed by atoms with van der Waals surface area (Å²) in [4.78, 5) is 12.2. The first-order valence-corrected chi connectivity index (χ1v) is 5.83. The Kier molecular flexibility index (Phi) is 3.02. The summed E-state index contributed by atoms with van der Waals surface area (Å²) in [5, 5.41) is 13.8. The van der Waals surface area contributed by atoms with Crippen molar-refractivity contribution < 1.29 is 9.90 Å². The van der Waals surface area contributed by atoms with Gasteiger partial charge in [0.1, 0.15) is 5.56 Å². The van der Waals surface area contributed by atoms with Gasteiger partial charge in [0.25, 0.3) is 0 Å². The van der Waals surface area contributed by atoms with Gasteiger partial charge in [-0.2, -0.15) is 5.10 Å². The number of nitrogens with zero attached hydrogens (tertiary/aromatic N) is 2. The highest BCUT2D eigenvalue weighted by molar-refractivity contribution is 9.10. The number of ketones is 1. The molecule has 0 unspecified atom stereocenters. The molecule has 0 radical (unpaired) electrons. The molecule has 0 aliphatic rings. The average Bonchev–Trinajstić information content (AvgIpc) is 2.53.